The lowest BCUT2D eigenvalue weighted by atomic mass is 10.2. The number of para-hydroxylation sites is 1. The van der Waals surface area contributed by atoms with Crippen molar-refractivity contribution in [2.45, 2.75) is 43.7 Å². The van der Waals surface area contributed by atoms with E-state index in [2.05, 4.69) is 5.32 Å². The third kappa shape index (κ3) is 3.27. The molecule has 1 N–H and O–H groups in total. The van der Waals surface area contributed by atoms with Gasteiger partial charge in [0.1, 0.15) is 12.1 Å². The van der Waals surface area contributed by atoms with E-state index in [0.717, 1.165) is 0 Å². The molecule has 8 heteroatoms. The Morgan fingerprint density at radius 1 is 1.46 bits per heavy atom. The average Bonchev–Trinajstić information content (AvgIpc) is 3.11. The van der Waals surface area contributed by atoms with Crippen LogP contribution in [-0.2, 0) is 19.1 Å². The average molecular weight is 373 g/mol. The minimum absolute atomic E-state index is 0.0560. The number of carbonyl (C=O) groups is 3. The number of rotatable bonds is 4. The zero-order chi connectivity index (χ0) is 18.9. The zero-order valence-corrected chi connectivity index (χ0v) is 15.3. The number of thioether (sulfide) groups is 1. The highest BCUT2D eigenvalue weighted by Gasteiger charge is 2.53. The Morgan fingerprint density at radius 2 is 2.19 bits per heavy atom. The number of hydrogen-bond donors (Lipinski definition) is 1. The number of carbonyl (C=O) groups excluding carboxylic acids is 3. The molecular weight excluding hydrogens is 354 g/mol. The van der Waals surface area contributed by atoms with Gasteiger partial charge in [-0.1, -0.05) is 12.1 Å². The largest absolute Gasteiger partial charge is 0.451 e. The second-order valence-electron chi connectivity index (χ2n) is 6.49. The summed E-state index contributed by atoms with van der Waals surface area (Å²) in [5.41, 5.74) is 0.687. The highest BCUT2D eigenvalue weighted by atomic mass is 32.2. The molecule has 7 nitrogen and oxygen atoms in total. The summed E-state index contributed by atoms with van der Waals surface area (Å²) in [5.74, 6) is -0.693. The fraction of sp³-hybridized carbons (Fsp3) is 0.444. The van der Waals surface area contributed by atoms with Gasteiger partial charge in [0.05, 0.1) is 16.1 Å². The number of hydrogen-bond acceptors (Lipinski definition) is 6. The van der Waals surface area contributed by atoms with Crippen molar-refractivity contribution < 1.29 is 19.1 Å². The maximum atomic E-state index is 12.5. The van der Waals surface area contributed by atoms with Crippen molar-refractivity contribution in [3.05, 3.63) is 29.8 Å². The first-order valence-corrected chi connectivity index (χ1v) is 9.31. The molecule has 0 radical (unpaired) electrons. The van der Waals surface area contributed by atoms with Crippen LogP contribution in [0.2, 0.25) is 0 Å². The van der Waals surface area contributed by atoms with E-state index in [9.17, 15) is 14.4 Å². The van der Waals surface area contributed by atoms with E-state index in [1.807, 2.05) is 13.0 Å². The summed E-state index contributed by atoms with van der Waals surface area (Å²) in [5, 5.41) is 11.7. The van der Waals surface area contributed by atoms with Crippen molar-refractivity contribution in [3.63, 3.8) is 0 Å². The molecule has 0 saturated carbocycles. The second-order valence-corrected chi connectivity index (χ2v) is 7.99. The Morgan fingerprint density at radius 3 is 2.92 bits per heavy atom. The van der Waals surface area contributed by atoms with Crippen molar-refractivity contribution in [2.24, 2.45) is 0 Å². The lowest BCUT2D eigenvalue weighted by molar-refractivity contribution is -0.160. The lowest BCUT2D eigenvalue weighted by Gasteiger charge is -2.29. The van der Waals surface area contributed by atoms with Gasteiger partial charge in [-0.2, -0.15) is 5.26 Å². The Kier molecular flexibility index (Phi) is 4.92. The van der Waals surface area contributed by atoms with E-state index in [4.69, 9.17) is 10.00 Å². The van der Waals surface area contributed by atoms with Crippen LogP contribution in [0.5, 0.6) is 0 Å². The quantitative estimate of drug-likeness (QED) is 0.809. The number of nitrogens with one attached hydrogen (secondary N) is 1. The highest BCUT2D eigenvalue weighted by Crippen LogP contribution is 2.47. The van der Waals surface area contributed by atoms with Crippen LogP contribution in [0, 0.1) is 11.3 Å². The van der Waals surface area contributed by atoms with Crippen molar-refractivity contribution in [1.82, 2.24) is 4.90 Å². The maximum absolute atomic E-state index is 12.5. The summed E-state index contributed by atoms with van der Waals surface area (Å²) < 4.78 is 5.30. The molecule has 26 heavy (non-hydrogen) atoms. The van der Waals surface area contributed by atoms with Crippen molar-refractivity contribution >= 4 is 35.2 Å². The van der Waals surface area contributed by atoms with Gasteiger partial charge in [0.2, 0.25) is 5.91 Å². The molecule has 1 aromatic rings. The van der Waals surface area contributed by atoms with Gasteiger partial charge in [-0.3, -0.25) is 9.59 Å². The van der Waals surface area contributed by atoms with E-state index < -0.39 is 24.0 Å². The van der Waals surface area contributed by atoms with Gasteiger partial charge in [-0.05, 0) is 32.4 Å². The molecule has 2 amide bonds. The number of nitrogens with zero attached hydrogens (tertiary/aromatic N) is 2. The first-order valence-electron chi connectivity index (χ1n) is 8.32. The molecule has 2 saturated heterocycles. The first kappa shape index (κ1) is 18.3. The number of fused-ring (bicyclic) bond motifs is 1. The van der Waals surface area contributed by atoms with Crippen LogP contribution in [-0.4, -0.2) is 45.5 Å². The monoisotopic (exact) mass is 373 g/mol. The number of esters is 1. The van der Waals surface area contributed by atoms with Gasteiger partial charge < -0.3 is 15.0 Å². The Labute approximate surface area is 155 Å². The maximum Gasteiger partial charge on any atom is 0.330 e. The number of ether oxygens (including phenoxy) is 1. The lowest BCUT2D eigenvalue weighted by Crippen LogP contribution is -2.48. The molecule has 3 atom stereocenters. The van der Waals surface area contributed by atoms with Gasteiger partial charge in [-0.15, -0.1) is 11.8 Å². The van der Waals surface area contributed by atoms with Crippen LogP contribution in [0.25, 0.3) is 0 Å². The molecule has 0 aromatic heterocycles. The van der Waals surface area contributed by atoms with Crippen molar-refractivity contribution in [2.75, 3.05) is 11.1 Å². The van der Waals surface area contributed by atoms with E-state index in [1.165, 1.54) is 6.92 Å². The summed E-state index contributed by atoms with van der Waals surface area (Å²) in [7, 11) is 0. The first-order chi connectivity index (χ1) is 12.4. The van der Waals surface area contributed by atoms with Crippen LogP contribution in [0.4, 0.5) is 5.69 Å². The second kappa shape index (κ2) is 7.00. The van der Waals surface area contributed by atoms with Crippen molar-refractivity contribution in [1.29, 1.82) is 5.26 Å². The predicted octanol–water partition coefficient (Wildman–Crippen LogP) is 1.88. The van der Waals surface area contributed by atoms with Crippen LogP contribution in [0.3, 0.4) is 0 Å². The van der Waals surface area contributed by atoms with Crippen LogP contribution in [0.1, 0.15) is 32.3 Å². The van der Waals surface area contributed by atoms with Gasteiger partial charge in [0.15, 0.2) is 6.10 Å². The van der Waals surface area contributed by atoms with E-state index in [1.54, 1.807) is 40.9 Å². The minimum Gasteiger partial charge on any atom is -0.451 e. The molecule has 2 aliphatic rings. The third-order valence-corrected chi connectivity index (χ3v) is 6.19. The fourth-order valence-electron chi connectivity index (χ4n) is 3.23. The molecule has 1 aromatic carbocycles. The minimum atomic E-state index is -1.04. The molecule has 0 unspecified atom stereocenters. The van der Waals surface area contributed by atoms with Crippen LogP contribution >= 0.6 is 11.8 Å². The normalized spacial score (nSPS) is 25.3. The molecule has 136 valence electrons. The van der Waals surface area contributed by atoms with Crippen molar-refractivity contribution in [3.8, 4) is 6.07 Å². The van der Waals surface area contributed by atoms with E-state index >= 15 is 0 Å². The summed E-state index contributed by atoms with van der Waals surface area (Å²) in [6.45, 7) is 3.42. The smallest absolute Gasteiger partial charge is 0.330 e. The van der Waals surface area contributed by atoms with E-state index in [0.29, 0.717) is 29.8 Å². The summed E-state index contributed by atoms with van der Waals surface area (Å²) in [6, 6.07) is 7.91. The molecular formula is C18H19N3O4S. The molecule has 0 spiro atoms. The van der Waals surface area contributed by atoms with Gasteiger partial charge >= 0.3 is 5.97 Å². The third-order valence-electron chi connectivity index (χ3n) is 4.68. The Hall–Kier alpha value is -2.53. The summed E-state index contributed by atoms with van der Waals surface area (Å²) in [4.78, 5) is 38.1. The standard InChI is InChI=1S/C18H19N3O4S/c1-11(16(23)20-13-6-4-3-5-12(13)9-19)25-17(24)14-10-26-18(2)8-7-15(22)21(14)18/h3-6,11,14H,7-8,10H2,1-2H3,(H,20,23)/t11-,14-,18-/m0/s1. The number of anilines is 1. The zero-order valence-electron chi connectivity index (χ0n) is 14.5. The topological polar surface area (TPSA) is 99.5 Å². The molecule has 0 bridgehead atoms. The predicted molar refractivity (Wildman–Crippen MR) is 96.1 cm³/mol. The van der Waals surface area contributed by atoms with Crippen LogP contribution in [0.15, 0.2) is 24.3 Å². The SMILES string of the molecule is C[C@H](OC(=O)[C@@H]1CS[C@@]2(C)CCC(=O)N12)C(=O)Nc1ccccc1C#N. The molecule has 2 heterocycles. The molecule has 3 rings (SSSR count). The highest BCUT2D eigenvalue weighted by molar-refractivity contribution is 8.01. The summed E-state index contributed by atoms with van der Waals surface area (Å²) >= 11 is 1.57. The fourth-order valence-corrected chi connectivity index (χ4v) is 4.64. The van der Waals surface area contributed by atoms with E-state index in [-0.39, 0.29) is 10.8 Å². The van der Waals surface area contributed by atoms with Gasteiger partial charge in [0.25, 0.3) is 5.91 Å². The van der Waals surface area contributed by atoms with Gasteiger partial charge in [-0.25, -0.2) is 4.79 Å². The summed E-state index contributed by atoms with van der Waals surface area (Å²) in [6.07, 6.45) is 0.0963. The van der Waals surface area contributed by atoms with Gasteiger partial charge in [0, 0.05) is 12.2 Å². The van der Waals surface area contributed by atoms with Crippen LogP contribution < -0.4 is 5.32 Å². The number of nitriles is 1. The molecule has 2 fully saturated rings. The molecule has 2 aliphatic heterocycles. The Bertz CT molecular complexity index is 806. The number of amides is 2. The number of benzene rings is 1. The molecule has 0 aliphatic carbocycles. The Balaban J connectivity index is 1.63.